The normalized spacial score (nSPS) is 27.6. The molecule has 17 heavy (non-hydrogen) atoms. The van der Waals surface area contributed by atoms with Crippen LogP contribution in [0.25, 0.3) is 0 Å². The van der Waals surface area contributed by atoms with Crippen molar-refractivity contribution in [2.45, 2.75) is 25.8 Å². The molecule has 2 amide bonds. The summed E-state index contributed by atoms with van der Waals surface area (Å²) in [5.74, 6) is 0.564. The van der Waals surface area contributed by atoms with Crippen LogP contribution in [0.5, 0.6) is 0 Å². The summed E-state index contributed by atoms with van der Waals surface area (Å²) in [7, 11) is 0. The molecule has 2 unspecified atom stereocenters. The second kappa shape index (κ2) is 6.21. The van der Waals surface area contributed by atoms with Gasteiger partial charge in [-0.1, -0.05) is 0 Å². The fourth-order valence-electron chi connectivity index (χ4n) is 2.48. The smallest absolute Gasteiger partial charge is 0.317 e. The van der Waals surface area contributed by atoms with Gasteiger partial charge >= 0.3 is 6.03 Å². The molecular formula is C12H23N3O2. The summed E-state index contributed by atoms with van der Waals surface area (Å²) in [5, 5.41) is 6.49. The maximum absolute atomic E-state index is 12.0. The molecule has 98 valence electrons. The summed E-state index contributed by atoms with van der Waals surface area (Å²) in [6, 6.07) is 0.310. The largest absolute Gasteiger partial charge is 0.378 e. The fourth-order valence-corrected chi connectivity index (χ4v) is 2.48. The second-order valence-corrected chi connectivity index (χ2v) is 4.94. The Balaban J connectivity index is 1.76. The molecule has 2 heterocycles. The first-order valence-electron chi connectivity index (χ1n) is 6.61. The minimum Gasteiger partial charge on any atom is -0.378 e. The van der Waals surface area contributed by atoms with Crippen LogP contribution >= 0.6 is 0 Å². The highest BCUT2D eigenvalue weighted by Gasteiger charge is 2.24. The van der Waals surface area contributed by atoms with Gasteiger partial charge in [-0.2, -0.15) is 0 Å². The summed E-state index contributed by atoms with van der Waals surface area (Å²) < 4.78 is 5.24. The van der Waals surface area contributed by atoms with E-state index in [9.17, 15) is 4.79 Å². The molecule has 5 nitrogen and oxygen atoms in total. The van der Waals surface area contributed by atoms with E-state index in [1.165, 1.54) is 12.8 Å². The van der Waals surface area contributed by atoms with Crippen molar-refractivity contribution in [3.63, 3.8) is 0 Å². The number of nitrogens with zero attached hydrogens (tertiary/aromatic N) is 1. The number of rotatable bonds is 2. The van der Waals surface area contributed by atoms with Crippen molar-refractivity contribution in [1.29, 1.82) is 0 Å². The number of carbonyl (C=O) groups excluding carboxylic acids is 1. The molecule has 5 heteroatoms. The predicted octanol–water partition coefficient (Wildman–Crippen LogP) is 0.416. The Kier molecular flexibility index (Phi) is 4.62. The molecule has 2 saturated heterocycles. The number of urea groups is 1. The van der Waals surface area contributed by atoms with Gasteiger partial charge in [0.2, 0.25) is 0 Å². The molecule has 0 saturated carbocycles. The molecule has 0 bridgehead atoms. The summed E-state index contributed by atoms with van der Waals surface area (Å²) in [6.07, 6.45) is 2.42. The number of hydrogen-bond acceptors (Lipinski definition) is 3. The molecule has 0 radical (unpaired) electrons. The van der Waals surface area contributed by atoms with Gasteiger partial charge in [-0.05, 0) is 38.8 Å². The topological polar surface area (TPSA) is 53.6 Å². The lowest BCUT2D eigenvalue weighted by Gasteiger charge is -2.32. The Labute approximate surface area is 103 Å². The average molecular weight is 241 g/mol. The van der Waals surface area contributed by atoms with E-state index in [4.69, 9.17) is 4.74 Å². The third-order valence-electron chi connectivity index (χ3n) is 3.69. The van der Waals surface area contributed by atoms with Crippen LogP contribution in [0.2, 0.25) is 0 Å². The van der Waals surface area contributed by atoms with Crippen LogP contribution in [0.15, 0.2) is 0 Å². The highest BCUT2D eigenvalue weighted by Crippen LogP contribution is 2.14. The SMILES string of the molecule is CC(NC(=O)N1CCOCC1)C1CCCNC1. The number of nitrogens with one attached hydrogen (secondary N) is 2. The molecule has 0 aromatic rings. The molecular weight excluding hydrogens is 218 g/mol. The van der Waals surface area contributed by atoms with Crippen molar-refractivity contribution in [1.82, 2.24) is 15.5 Å². The van der Waals surface area contributed by atoms with Crippen molar-refractivity contribution >= 4 is 6.03 Å². The first kappa shape index (κ1) is 12.6. The van der Waals surface area contributed by atoms with Gasteiger partial charge in [0.15, 0.2) is 0 Å². The lowest BCUT2D eigenvalue weighted by atomic mass is 9.93. The molecule has 2 aliphatic heterocycles. The van der Waals surface area contributed by atoms with Crippen LogP contribution in [0.4, 0.5) is 4.79 Å². The molecule has 2 rings (SSSR count). The summed E-state index contributed by atoms with van der Waals surface area (Å²) in [4.78, 5) is 13.8. The first-order valence-corrected chi connectivity index (χ1v) is 6.61. The number of ether oxygens (including phenoxy) is 1. The van der Waals surface area contributed by atoms with Crippen LogP contribution in [0.3, 0.4) is 0 Å². The fraction of sp³-hybridized carbons (Fsp3) is 0.917. The lowest BCUT2D eigenvalue weighted by Crippen LogP contribution is -2.51. The Morgan fingerprint density at radius 2 is 2.24 bits per heavy atom. The Hall–Kier alpha value is -0.810. The van der Waals surface area contributed by atoms with E-state index in [2.05, 4.69) is 17.6 Å². The number of morpholine rings is 1. The quantitative estimate of drug-likeness (QED) is 0.736. The zero-order chi connectivity index (χ0) is 12.1. The maximum Gasteiger partial charge on any atom is 0.317 e. The molecule has 0 spiro atoms. The molecule has 2 atom stereocenters. The molecule has 0 aromatic heterocycles. The summed E-state index contributed by atoms with van der Waals surface area (Å²) in [6.45, 7) is 6.98. The van der Waals surface area contributed by atoms with Crippen LogP contribution in [-0.2, 0) is 4.74 Å². The van der Waals surface area contributed by atoms with E-state index < -0.39 is 0 Å². The van der Waals surface area contributed by atoms with E-state index in [1.54, 1.807) is 0 Å². The molecule has 0 aliphatic carbocycles. The summed E-state index contributed by atoms with van der Waals surface area (Å²) in [5.41, 5.74) is 0. The summed E-state index contributed by atoms with van der Waals surface area (Å²) >= 11 is 0. The third-order valence-corrected chi connectivity index (χ3v) is 3.69. The van der Waals surface area contributed by atoms with Gasteiger partial charge in [-0.15, -0.1) is 0 Å². The zero-order valence-electron chi connectivity index (χ0n) is 10.6. The van der Waals surface area contributed by atoms with E-state index in [0.29, 0.717) is 32.2 Å². The van der Waals surface area contributed by atoms with E-state index in [1.807, 2.05) is 4.90 Å². The highest BCUT2D eigenvalue weighted by atomic mass is 16.5. The van der Waals surface area contributed by atoms with Gasteiger partial charge < -0.3 is 20.3 Å². The first-order chi connectivity index (χ1) is 8.27. The Bertz CT molecular complexity index is 248. The van der Waals surface area contributed by atoms with Gasteiger partial charge in [0.25, 0.3) is 0 Å². The van der Waals surface area contributed by atoms with Crippen LogP contribution < -0.4 is 10.6 Å². The van der Waals surface area contributed by atoms with Gasteiger partial charge in [-0.3, -0.25) is 0 Å². The van der Waals surface area contributed by atoms with Gasteiger partial charge in [0.1, 0.15) is 0 Å². The van der Waals surface area contributed by atoms with Crippen LogP contribution in [0.1, 0.15) is 19.8 Å². The van der Waals surface area contributed by atoms with Crippen LogP contribution in [0, 0.1) is 5.92 Å². The van der Waals surface area contributed by atoms with Crippen molar-refractivity contribution in [3.8, 4) is 0 Å². The number of hydrogen-bond donors (Lipinski definition) is 2. The van der Waals surface area contributed by atoms with Crippen molar-refractivity contribution < 1.29 is 9.53 Å². The van der Waals surface area contributed by atoms with E-state index >= 15 is 0 Å². The number of piperidine rings is 1. The minimum absolute atomic E-state index is 0.0615. The minimum atomic E-state index is 0.0615. The predicted molar refractivity (Wildman–Crippen MR) is 66.0 cm³/mol. The molecule has 2 fully saturated rings. The maximum atomic E-state index is 12.0. The Morgan fingerprint density at radius 1 is 1.47 bits per heavy atom. The zero-order valence-corrected chi connectivity index (χ0v) is 10.6. The van der Waals surface area contributed by atoms with Gasteiger partial charge in [0.05, 0.1) is 13.2 Å². The van der Waals surface area contributed by atoms with Crippen molar-refractivity contribution in [2.24, 2.45) is 5.92 Å². The molecule has 0 aromatic carbocycles. The number of carbonyl (C=O) groups is 1. The van der Waals surface area contributed by atoms with E-state index in [0.717, 1.165) is 13.1 Å². The Morgan fingerprint density at radius 3 is 2.88 bits per heavy atom. The average Bonchev–Trinajstić information content (AvgIpc) is 2.40. The van der Waals surface area contributed by atoms with Gasteiger partial charge in [0, 0.05) is 19.1 Å². The van der Waals surface area contributed by atoms with Crippen molar-refractivity contribution in [3.05, 3.63) is 0 Å². The highest BCUT2D eigenvalue weighted by molar-refractivity contribution is 5.74. The van der Waals surface area contributed by atoms with Gasteiger partial charge in [-0.25, -0.2) is 4.79 Å². The van der Waals surface area contributed by atoms with Crippen molar-refractivity contribution in [2.75, 3.05) is 39.4 Å². The number of amides is 2. The lowest BCUT2D eigenvalue weighted by molar-refractivity contribution is 0.0519. The standard InChI is InChI=1S/C12H23N3O2/c1-10(11-3-2-4-13-9-11)14-12(16)15-5-7-17-8-6-15/h10-11,13H,2-9H2,1H3,(H,14,16). The molecule has 2 aliphatic rings. The molecule has 2 N–H and O–H groups in total. The van der Waals surface area contributed by atoms with E-state index in [-0.39, 0.29) is 12.1 Å². The third kappa shape index (κ3) is 3.57. The van der Waals surface area contributed by atoms with Crippen LogP contribution in [-0.4, -0.2) is 56.4 Å². The second-order valence-electron chi connectivity index (χ2n) is 4.94. The monoisotopic (exact) mass is 241 g/mol.